The zero-order chi connectivity index (χ0) is 24.2. The summed E-state index contributed by atoms with van der Waals surface area (Å²) in [5, 5.41) is 5.97. The summed E-state index contributed by atoms with van der Waals surface area (Å²) < 4.78 is 0. The van der Waals surface area contributed by atoms with Gasteiger partial charge in [-0.25, -0.2) is 0 Å². The van der Waals surface area contributed by atoms with Gasteiger partial charge in [0, 0.05) is 48.1 Å². The molecule has 0 spiro atoms. The lowest BCUT2D eigenvalue weighted by Gasteiger charge is -2.18. The maximum Gasteiger partial charge on any atom is 0.256 e. The zero-order valence-electron chi connectivity index (χ0n) is 20.2. The number of hydrogen-bond acceptors (Lipinski definition) is 4. The van der Waals surface area contributed by atoms with Gasteiger partial charge in [-0.15, -0.1) is 0 Å². The number of anilines is 1. The highest BCUT2D eigenvalue weighted by Crippen LogP contribution is 2.36. The van der Waals surface area contributed by atoms with Gasteiger partial charge in [-0.2, -0.15) is 0 Å². The van der Waals surface area contributed by atoms with Gasteiger partial charge < -0.3 is 20.5 Å². The highest BCUT2D eigenvalue weighted by atomic mass is 16.2. The molecule has 3 N–H and O–H groups in total. The number of nitrogens with zero attached hydrogens (tertiary/aromatic N) is 2. The number of nitrogens with one attached hydrogen (secondary N) is 3. The third-order valence-electron chi connectivity index (χ3n) is 6.42. The van der Waals surface area contributed by atoms with Crippen LogP contribution < -0.4 is 10.6 Å². The van der Waals surface area contributed by atoms with Crippen molar-refractivity contribution in [2.24, 2.45) is 0 Å². The molecule has 1 aliphatic rings. The number of benzene rings is 1. The molecule has 1 aliphatic heterocycles. The van der Waals surface area contributed by atoms with Crippen molar-refractivity contribution >= 4 is 29.2 Å². The summed E-state index contributed by atoms with van der Waals surface area (Å²) in [6.45, 7) is 11.3. The van der Waals surface area contributed by atoms with Crippen LogP contribution in [-0.4, -0.2) is 52.9 Å². The van der Waals surface area contributed by atoms with Gasteiger partial charge in [-0.3, -0.25) is 14.6 Å². The molecule has 0 saturated carbocycles. The molecule has 0 atom stereocenters. The number of likely N-dealkylation sites (N-methyl/N-ethyl adjacent to an activating group) is 1. The monoisotopic (exact) mass is 457 g/mol. The van der Waals surface area contributed by atoms with Crippen LogP contribution in [0.25, 0.3) is 22.8 Å². The highest BCUT2D eigenvalue weighted by molar-refractivity contribution is 6.35. The van der Waals surface area contributed by atoms with E-state index in [1.165, 1.54) is 0 Å². The molecule has 4 rings (SSSR count). The van der Waals surface area contributed by atoms with Gasteiger partial charge in [0.15, 0.2) is 0 Å². The van der Waals surface area contributed by atoms with E-state index in [-0.39, 0.29) is 11.8 Å². The van der Waals surface area contributed by atoms with Crippen LogP contribution in [0.15, 0.2) is 42.7 Å². The molecule has 0 saturated heterocycles. The molecule has 0 radical (unpaired) electrons. The number of carbonyl (C=O) groups is 2. The maximum atomic E-state index is 12.9. The predicted octanol–water partition coefficient (Wildman–Crippen LogP) is 4.26. The first-order valence-electron chi connectivity index (χ1n) is 11.7. The maximum absolute atomic E-state index is 12.9. The van der Waals surface area contributed by atoms with Crippen molar-refractivity contribution in [3.05, 3.63) is 70.8 Å². The number of aromatic amines is 1. The molecule has 0 aliphatic carbocycles. The van der Waals surface area contributed by atoms with Crippen molar-refractivity contribution < 1.29 is 9.59 Å². The van der Waals surface area contributed by atoms with Gasteiger partial charge in [0.05, 0.1) is 11.1 Å². The number of H-pyrrole nitrogens is 1. The summed E-state index contributed by atoms with van der Waals surface area (Å²) in [6.07, 6.45) is 5.34. The Morgan fingerprint density at radius 2 is 1.82 bits per heavy atom. The Balaban J connectivity index is 1.61. The van der Waals surface area contributed by atoms with Crippen LogP contribution in [0.3, 0.4) is 0 Å². The van der Waals surface area contributed by atoms with Crippen molar-refractivity contribution in [3.63, 3.8) is 0 Å². The summed E-state index contributed by atoms with van der Waals surface area (Å²) in [6, 6.07) is 9.81. The molecule has 0 fully saturated rings. The van der Waals surface area contributed by atoms with E-state index >= 15 is 0 Å². The second-order valence-electron chi connectivity index (χ2n) is 8.45. The van der Waals surface area contributed by atoms with Gasteiger partial charge in [0.2, 0.25) is 0 Å². The average molecular weight is 458 g/mol. The fourth-order valence-electron chi connectivity index (χ4n) is 4.41. The summed E-state index contributed by atoms with van der Waals surface area (Å²) in [4.78, 5) is 35.4. The number of fused-ring (bicyclic) bond motifs is 1. The van der Waals surface area contributed by atoms with Crippen molar-refractivity contribution in [2.75, 3.05) is 31.5 Å². The Bertz CT molecular complexity index is 1240. The van der Waals surface area contributed by atoms with Crippen LogP contribution in [0.2, 0.25) is 0 Å². The van der Waals surface area contributed by atoms with Crippen LogP contribution in [0.5, 0.6) is 0 Å². The molecular weight excluding hydrogens is 426 g/mol. The number of pyridine rings is 1. The number of aromatic nitrogens is 2. The largest absolute Gasteiger partial charge is 0.358 e. The molecular formula is C27H31N5O2. The first kappa shape index (κ1) is 23.4. The topological polar surface area (TPSA) is 90.1 Å². The third-order valence-corrected chi connectivity index (χ3v) is 6.42. The summed E-state index contributed by atoms with van der Waals surface area (Å²) in [5.41, 5.74) is 7.26. The van der Waals surface area contributed by atoms with Crippen LogP contribution >= 0.6 is 0 Å². The number of amides is 2. The van der Waals surface area contributed by atoms with E-state index in [1.54, 1.807) is 12.4 Å². The Labute approximate surface area is 200 Å². The lowest BCUT2D eigenvalue weighted by molar-refractivity contribution is -0.110. The third kappa shape index (κ3) is 4.65. The van der Waals surface area contributed by atoms with Gasteiger partial charge in [-0.1, -0.05) is 19.9 Å². The molecule has 2 aromatic heterocycles. The van der Waals surface area contributed by atoms with E-state index in [0.717, 1.165) is 59.0 Å². The van der Waals surface area contributed by atoms with Gasteiger partial charge in [-0.05, 0) is 74.0 Å². The number of aryl methyl sites for hydroxylation is 1. The van der Waals surface area contributed by atoms with Crippen molar-refractivity contribution in [1.82, 2.24) is 20.2 Å². The van der Waals surface area contributed by atoms with Crippen LogP contribution in [0.1, 0.15) is 46.7 Å². The Kier molecular flexibility index (Phi) is 6.93. The Morgan fingerprint density at radius 3 is 2.53 bits per heavy atom. The number of carbonyl (C=O) groups excluding carboxylic acids is 2. The molecule has 1 aromatic carbocycles. The summed E-state index contributed by atoms with van der Waals surface area (Å²) >= 11 is 0. The minimum absolute atomic E-state index is 0.0979. The Morgan fingerprint density at radius 1 is 1.09 bits per heavy atom. The average Bonchev–Trinajstić information content (AvgIpc) is 3.31. The fraction of sp³-hybridized carbons (Fsp3) is 0.296. The summed E-state index contributed by atoms with van der Waals surface area (Å²) in [7, 11) is 0. The minimum atomic E-state index is -0.154. The lowest BCUT2D eigenvalue weighted by atomic mass is 9.99. The molecule has 34 heavy (non-hydrogen) atoms. The molecule has 3 aromatic rings. The molecule has 176 valence electrons. The van der Waals surface area contributed by atoms with E-state index in [9.17, 15) is 9.59 Å². The first-order valence-corrected chi connectivity index (χ1v) is 11.7. The van der Waals surface area contributed by atoms with Crippen molar-refractivity contribution in [1.29, 1.82) is 0 Å². The number of hydrogen-bond donors (Lipinski definition) is 3. The van der Waals surface area contributed by atoms with Gasteiger partial charge in [0.1, 0.15) is 0 Å². The summed E-state index contributed by atoms with van der Waals surface area (Å²) in [5.74, 6) is -0.252. The van der Waals surface area contributed by atoms with E-state index in [2.05, 4.69) is 39.3 Å². The zero-order valence-corrected chi connectivity index (χ0v) is 20.2. The SMILES string of the molecule is CCN(CC)CCNC(=O)c1c(C)[nH]c(/C=C2\C(=O)Nc3ccc(-c4ccncc4)cc32)c1C. The predicted molar refractivity (Wildman–Crippen MR) is 137 cm³/mol. The molecule has 7 heteroatoms. The molecule has 0 bridgehead atoms. The smallest absolute Gasteiger partial charge is 0.256 e. The molecule has 0 unspecified atom stereocenters. The number of rotatable bonds is 8. The van der Waals surface area contributed by atoms with Crippen LogP contribution in [0, 0.1) is 13.8 Å². The standard InChI is InChI=1S/C27H31N5O2/c1-5-32(6-2)14-13-29-27(34)25-17(3)24(30-18(25)4)16-22-21-15-20(19-9-11-28-12-10-19)7-8-23(21)31-26(22)33/h7-12,15-16,30H,5-6,13-14H2,1-4H3,(H,29,34)(H,31,33)/b22-16-. The van der Waals surface area contributed by atoms with E-state index in [1.807, 2.05) is 50.3 Å². The van der Waals surface area contributed by atoms with Crippen molar-refractivity contribution in [3.8, 4) is 11.1 Å². The van der Waals surface area contributed by atoms with E-state index in [0.29, 0.717) is 17.7 Å². The van der Waals surface area contributed by atoms with Crippen molar-refractivity contribution in [2.45, 2.75) is 27.7 Å². The normalized spacial score (nSPS) is 13.9. The molecule has 3 heterocycles. The van der Waals surface area contributed by atoms with E-state index in [4.69, 9.17) is 0 Å². The van der Waals surface area contributed by atoms with Gasteiger partial charge >= 0.3 is 0 Å². The Hall–Kier alpha value is -3.71. The van der Waals surface area contributed by atoms with E-state index < -0.39 is 0 Å². The quantitative estimate of drug-likeness (QED) is 0.441. The fourth-order valence-corrected chi connectivity index (χ4v) is 4.41. The molecule has 7 nitrogen and oxygen atoms in total. The minimum Gasteiger partial charge on any atom is -0.358 e. The molecule has 2 amide bonds. The highest BCUT2D eigenvalue weighted by Gasteiger charge is 2.26. The van der Waals surface area contributed by atoms with Gasteiger partial charge in [0.25, 0.3) is 11.8 Å². The first-order chi connectivity index (χ1) is 16.4. The van der Waals surface area contributed by atoms with Crippen LogP contribution in [0.4, 0.5) is 5.69 Å². The second-order valence-corrected chi connectivity index (χ2v) is 8.45. The second kappa shape index (κ2) is 10.1. The van der Waals surface area contributed by atoms with Crippen LogP contribution in [-0.2, 0) is 4.79 Å². The lowest BCUT2D eigenvalue weighted by Crippen LogP contribution is -2.35.